The molecule has 0 bridgehead atoms. The summed E-state index contributed by atoms with van der Waals surface area (Å²) in [6.07, 6.45) is -0.557. The van der Waals surface area contributed by atoms with Crippen LogP contribution in [0.1, 0.15) is 35.2 Å². The minimum absolute atomic E-state index is 0.0232. The summed E-state index contributed by atoms with van der Waals surface area (Å²) in [4.78, 5) is 24.0. The molecule has 1 amide bonds. The first kappa shape index (κ1) is 19.1. The van der Waals surface area contributed by atoms with Gasteiger partial charge >= 0.3 is 6.18 Å². The third kappa shape index (κ3) is 4.96. The highest BCUT2D eigenvalue weighted by Crippen LogP contribution is 2.29. The molecule has 1 aromatic carbocycles. The summed E-state index contributed by atoms with van der Waals surface area (Å²) in [5.74, 6) is -0.319. The van der Waals surface area contributed by atoms with Gasteiger partial charge in [0, 0.05) is 12.6 Å². The molecule has 2 aromatic rings. The Morgan fingerprint density at radius 1 is 1.15 bits per heavy atom. The summed E-state index contributed by atoms with van der Waals surface area (Å²) in [7, 11) is 0. The molecule has 5 nitrogen and oxygen atoms in total. The second-order valence-electron chi connectivity index (χ2n) is 6.61. The van der Waals surface area contributed by atoms with E-state index in [1.54, 1.807) is 6.07 Å². The topological polar surface area (TPSA) is 64.0 Å². The summed E-state index contributed by atoms with van der Waals surface area (Å²) in [5, 5.41) is 7.04. The van der Waals surface area contributed by atoms with Crippen LogP contribution in [-0.2, 0) is 36.8 Å². The number of benzene rings is 1. The van der Waals surface area contributed by atoms with E-state index in [9.17, 15) is 22.8 Å². The third-order valence-corrected chi connectivity index (χ3v) is 4.57. The van der Waals surface area contributed by atoms with Gasteiger partial charge in [-0.25, -0.2) is 4.68 Å². The van der Waals surface area contributed by atoms with Crippen molar-refractivity contribution in [3.8, 4) is 0 Å². The van der Waals surface area contributed by atoms with Gasteiger partial charge in [0.05, 0.1) is 24.2 Å². The number of aromatic nitrogens is 2. The van der Waals surface area contributed by atoms with Crippen molar-refractivity contribution in [3.05, 3.63) is 63.1 Å². The third-order valence-electron chi connectivity index (χ3n) is 4.57. The Bertz CT molecular complexity index is 873. The van der Waals surface area contributed by atoms with E-state index >= 15 is 0 Å². The molecule has 0 radical (unpaired) electrons. The number of rotatable bonds is 5. The number of hydrogen-bond donors (Lipinski definition) is 1. The lowest BCUT2D eigenvalue weighted by Crippen LogP contribution is -2.33. The van der Waals surface area contributed by atoms with Crippen molar-refractivity contribution in [2.75, 3.05) is 6.54 Å². The van der Waals surface area contributed by atoms with Gasteiger partial charge in [0.25, 0.3) is 5.56 Å². The first-order valence-corrected chi connectivity index (χ1v) is 8.86. The van der Waals surface area contributed by atoms with E-state index in [0.29, 0.717) is 5.56 Å². The lowest BCUT2D eigenvalue weighted by molar-refractivity contribution is -0.137. The Hall–Kier alpha value is -2.64. The SMILES string of the molecule is O=C(Cc1ccc(C(F)(F)F)cc1)NCCn1nc2c(cc1=O)CCCC2. The first-order chi connectivity index (χ1) is 12.8. The highest BCUT2D eigenvalue weighted by molar-refractivity contribution is 5.78. The van der Waals surface area contributed by atoms with Crippen LogP contribution in [0.5, 0.6) is 0 Å². The summed E-state index contributed by atoms with van der Waals surface area (Å²) >= 11 is 0. The van der Waals surface area contributed by atoms with Crippen LogP contribution in [0, 0.1) is 0 Å². The fraction of sp³-hybridized carbons (Fsp3) is 0.421. The summed E-state index contributed by atoms with van der Waals surface area (Å²) in [5.41, 5.74) is 1.51. The molecular weight excluding hydrogens is 359 g/mol. The van der Waals surface area contributed by atoms with Crippen molar-refractivity contribution < 1.29 is 18.0 Å². The molecule has 8 heteroatoms. The molecular formula is C19H20F3N3O2. The molecule has 0 unspecified atom stereocenters. The normalized spacial score (nSPS) is 13.9. The Morgan fingerprint density at radius 2 is 1.85 bits per heavy atom. The van der Waals surface area contributed by atoms with Crippen LogP contribution < -0.4 is 10.9 Å². The maximum atomic E-state index is 12.5. The molecule has 1 aromatic heterocycles. The Morgan fingerprint density at radius 3 is 2.56 bits per heavy atom. The maximum absolute atomic E-state index is 12.5. The minimum Gasteiger partial charge on any atom is -0.354 e. The number of nitrogens with one attached hydrogen (secondary N) is 1. The molecule has 1 heterocycles. The Labute approximate surface area is 154 Å². The number of halogens is 3. The highest BCUT2D eigenvalue weighted by Gasteiger charge is 2.29. The van der Waals surface area contributed by atoms with E-state index in [-0.39, 0.29) is 31.0 Å². The number of carbonyl (C=O) groups excluding carboxylic acids is 1. The van der Waals surface area contributed by atoms with Crippen molar-refractivity contribution in [2.24, 2.45) is 0 Å². The van der Waals surface area contributed by atoms with Crippen molar-refractivity contribution in [1.29, 1.82) is 0 Å². The van der Waals surface area contributed by atoms with Crippen LogP contribution in [0.2, 0.25) is 0 Å². The quantitative estimate of drug-likeness (QED) is 0.868. The second-order valence-corrected chi connectivity index (χ2v) is 6.61. The van der Waals surface area contributed by atoms with E-state index in [2.05, 4.69) is 10.4 Å². The predicted molar refractivity (Wildman–Crippen MR) is 93.3 cm³/mol. The van der Waals surface area contributed by atoms with Crippen LogP contribution in [0.25, 0.3) is 0 Å². The summed E-state index contributed by atoms with van der Waals surface area (Å²) in [6.45, 7) is 0.482. The molecule has 27 heavy (non-hydrogen) atoms. The van der Waals surface area contributed by atoms with Gasteiger partial charge in [0.2, 0.25) is 5.91 Å². The van der Waals surface area contributed by atoms with Gasteiger partial charge in [0.1, 0.15) is 0 Å². The number of fused-ring (bicyclic) bond motifs is 1. The van der Waals surface area contributed by atoms with Gasteiger partial charge < -0.3 is 5.32 Å². The van der Waals surface area contributed by atoms with Crippen LogP contribution in [-0.4, -0.2) is 22.2 Å². The van der Waals surface area contributed by atoms with Gasteiger partial charge in [-0.3, -0.25) is 9.59 Å². The predicted octanol–water partition coefficient (Wildman–Crippen LogP) is 2.50. The molecule has 0 atom stereocenters. The van der Waals surface area contributed by atoms with Crippen molar-refractivity contribution in [3.63, 3.8) is 0 Å². The van der Waals surface area contributed by atoms with Crippen LogP contribution >= 0.6 is 0 Å². The van der Waals surface area contributed by atoms with Gasteiger partial charge in [-0.15, -0.1) is 0 Å². The van der Waals surface area contributed by atoms with Crippen molar-refractivity contribution in [2.45, 2.75) is 44.8 Å². The number of hydrogen-bond acceptors (Lipinski definition) is 3. The monoisotopic (exact) mass is 379 g/mol. The molecule has 0 aliphatic heterocycles. The lowest BCUT2D eigenvalue weighted by Gasteiger charge is -2.16. The smallest absolute Gasteiger partial charge is 0.354 e. The van der Waals surface area contributed by atoms with E-state index in [1.165, 1.54) is 16.8 Å². The van der Waals surface area contributed by atoms with E-state index in [0.717, 1.165) is 49.1 Å². The summed E-state index contributed by atoms with van der Waals surface area (Å²) in [6, 6.07) is 6.11. The van der Waals surface area contributed by atoms with Gasteiger partial charge in [-0.2, -0.15) is 18.3 Å². The number of nitrogens with zero attached hydrogens (tertiary/aromatic N) is 2. The molecule has 0 saturated carbocycles. The molecule has 0 spiro atoms. The van der Waals surface area contributed by atoms with Crippen molar-refractivity contribution >= 4 is 5.91 Å². The van der Waals surface area contributed by atoms with Gasteiger partial charge in [-0.1, -0.05) is 12.1 Å². The van der Waals surface area contributed by atoms with Crippen LogP contribution in [0.3, 0.4) is 0 Å². The average molecular weight is 379 g/mol. The molecule has 1 aliphatic carbocycles. The Kier molecular flexibility index (Phi) is 5.62. The number of amides is 1. The van der Waals surface area contributed by atoms with Crippen LogP contribution in [0.4, 0.5) is 13.2 Å². The Balaban J connectivity index is 1.52. The average Bonchev–Trinajstić information content (AvgIpc) is 2.62. The van der Waals surface area contributed by atoms with E-state index < -0.39 is 11.7 Å². The van der Waals surface area contributed by atoms with E-state index in [4.69, 9.17) is 0 Å². The standard InChI is InChI=1S/C19H20F3N3O2/c20-19(21,22)15-7-5-13(6-8-15)11-17(26)23-9-10-25-18(27)12-14-3-1-2-4-16(14)24-25/h5-8,12H,1-4,9-11H2,(H,23,26). The molecule has 1 aliphatic rings. The number of aryl methyl sites for hydroxylation is 2. The first-order valence-electron chi connectivity index (χ1n) is 8.86. The molecule has 3 rings (SSSR count). The molecule has 144 valence electrons. The van der Waals surface area contributed by atoms with Crippen molar-refractivity contribution in [1.82, 2.24) is 15.1 Å². The summed E-state index contributed by atoms with van der Waals surface area (Å²) < 4.78 is 39.0. The maximum Gasteiger partial charge on any atom is 0.416 e. The number of alkyl halides is 3. The van der Waals surface area contributed by atoms with Gasteiger partial charge in [0.15, 0.2) is 0 Å². The second kappa shape index (κ2) is 7.94. The number of carbonyl (C=O) groups is 1. The molecule has 1 N–H and O–H groups in total. The van der Waals surface area contributed by atoms with Gasteiger partial charge in [-0.05, 0) is 48.9 Å². The zero-order valence-corrected chi connectivity index (χ0v) is 14.7. The minimum atomic E-state index is -4.39. The zero-order chi connectivity index (χ0) is 19.4. The van der Waals surface area contributed by atoms with E-state index in [1.807, 2.05) is 0 Å². The molecule has 0 fully saturated rings. The lowest BCUT2D eigenvalue weighted by atomic mass is 9.97. The zero-order valence-electron chi connectivity index (χ0n) is 14.7. The highest BCUT2D eigenvalue weighted by atomic mass is 19.4. The molecule has 0 saturated heterocycles. The van der Waals surface area contributed by atoms with Crippen LogP contribution in [0.15, 0.2) is 35.1 Å². The fourth-order valence-electron chi connectivity index (χ4n) is 3.12. The fourth-order valence-corrected chi connectivity index (χ4v) is 3.12. The largest absolute Gasteiger partial charge is 0.416 e.